The predicted molar refractivity (Wildman–Crippen MR) is 227 cm³/mol. The Bertz CT molecular complexity index is 2100. The molecule has 10 rings (SSSR count). The zero-order chi connectivity index (χ0) is 40.8. The highest BCUT2D eigenvalue weighted by Crippen LogP contribution is 2.54. The first-order valence-corrected chi connectivity index (χ1v) is 20.5. The molecule has 4 fully saturated rings. The molecule has 4 heterocycles. The summed E-state index contributed by atoms with van der Waals surface area (Å²) in [5.74, 6) is -0.816. The molecule has 306 valence electrons. The van der Waals surface area contributed by atoms with E-state index in [-0.39, 0.29) is 35.7 Å². The molecule has 4 saturated heterocycles. The number of nitrogens with one attached hydrogen (secondary N) is 2. The van der Waals surface area contributed by atoms with Crippen molar-refractivity contribution in [2.75, 3.05) is 99.9 Å². The molecule has 1 aliphatic carbocycles. The van der Waals surface area contributed by atoms with Crippen LogP contribution in [0.2, 0.25) is 0 Å². The number of imide groups is 1. The van der Waals surface area contributed by atoms with Gasteiger partial charge in [0.1, 0.15) is 22.9 Å². The van der Waals surface area contributed by atoms with Crippen LogP contribution < -0.4 is 25.3 Å². The third kappa shape index (κ3) is 8.71. The van der Waals surface area contributed by atoms with E-state index in [9.17, 15) is 22.8 Å². The minimum atomic E-state index is -0.916. The largest absolute Gasteiger partial charge is 0.369 e. The van der Waals surface area contributed by atoms with Crippen LogP contribution in [0.1, 0.15) is 17.5 Å². The SMILES string of the molecule is Fc1ccc(N2CCNCC2)cc1.Fc1ccc(N2CCNCC2)cc1.O=C1CC2(C(=O)N1CN1CCN(c3ccc(F)cc3)CC1)c1ccccc1-c1ccccc12. The number of nitrogens with zero attached hydrogens (tertiary/aromatic N) is 5. The van der Waals surface area contributed by atoms with Crippen molar-refractivity contribution in [3.05, 3.63) is 150 Å². The van der Waals surface area contributed by atoms with Crippen molar-refractivity contribution in [3.63, 3.8) is 0 Å². The van der Waals surface area contributed by atoms with E-state index in [1.54, 1.807) is 12.1 Å². The molecule has 0 unspecified atom stereocenters. The third-order valence-electron chi connectivity index (χ3n) is 11.9. The molecule has 0 radical (unpaired) electrons. The minimum absolute atomic E-state index is 0.118. The number of fused-ring (bicyclic) bond motifs is 5. The van der Waals surface area contributed by atoms with Gasteiger partial charge in [0.25, 0.3) is 0 Å². The normalized spacial score (nSPS) is 18.5. The standard InChI is InChI=1S/C27H24FN3O2.2C10H13FN2/c28-19-9-11-20(12-10-19)30-15-13-29(14-16-30)18-31-25(32)17-27(26(31)33)23-7-3-1-5-21(23)22-6-2-4-8-24(22)27;2*11-9-1-3-10(4-2-9)13-7-5-12-6-8-13/h1-12H,13-18H2;2*1-4,12H,5-8H2. The van der Waals surface area contributed by atoms with Gasteiger partial charge < -0.3 is 25.3 Å². The van der Waals surface area contributed by atoms with Crippen molar-refractivity contribution in [2.24, 2.45) is 0 Å². The van der Waals surface area contributed by atoms with Gasteiger partial charge in [0.05, 0.1) is 6.67 Å². The van der Waals surface area contributed by atoms with E-state index in [2.05, 4.69) is 30.2 Å². The summed E-state index contributed by atoms with van der Waals surface area (Å²) in [6.45, 7) is 11.4. The fraction of sp³-hybridized carbons (Fsp3) is 0.319. The van der Waals surface area contributed by atoms with E-state index < -0.39 is 5.41 Å². The zero-order valence-electron chi connectivity index (χ0n) is 33.1. The first-order chi connectivity index (χ1) is 28.8. The highest BCUT2D eigenvalue weighted by atomic mass is 19.1. The van der Waals surface area contributed by atoms with Crippen LogP contribution in [0.5, 0.6) is 0 Å². The highest BCUT2D eigenvalue weighted by molar-refractivity contribution is 6.14. The third-order valence-corrected chi connectivity index (χ3v) is 11.9. The van der Waals surface area contributed by atoms with Gasteiger partial charge in [-0.15, -0.1) is 0 Å². The molecular formula is C47H50F3N7O2. The van der Waals surface area contributed by atoms with Crippen molar-refractivity contribution >= 4 is 28.9 Å². The monoisotopic (exact) mass is 801 g/mol. The molecule has 2 N–H and O–H groups in total. The van der Waals surface area contributed by atoms with Gasteiger partial charge in [0, 0.05) is 102 Å². The van der Waals surface area contributed by atoms with Gasteiger partial charge in [-0.05, 0) is 95.1 Å². The average Bonchev–Trinajstić information content (AvgIpc) is 3.71. The summed E-state index contributed by atoms with van der Waals surface area (Å²) in [6.07, 6.45) is 0.176. The van der Waals surface area contributed by atoms with Crippen molar-refractivity contribution in [1.82, 2.24) is 20.4 Å². The predicted octanol–water partition coefficient (Wildman–Crippen LogP) is 6.10. The first-order valence-electron chi connectivity index (χ1n) is 20.5. The van der Waals surface area contributed by atoms with Crippen LogP contribution in [0.4, 0.5) is 30.2 Å². The van der Waals surface area contributed by atoms with E-state index in [0.29, 0.717) is 6.67 Å². The number of anilines is 3. The summed E-state index contributed by atoms with van der Waals surface area (Å²) in [5.41, 5.74) is 6.27. The molecule has 0 saturated carbocycles. The van der Waals surface area contributed by atoms with Crippen molar-refractivity contribution < 1.29 is 22.8 Å². The van der Waals surface area contributed by atoms with Crippen LogP contribution >= 0.6 is 0 Å². The maximum atomic E-state index is 13.9. The van der Waals surface area contributed by atoms with Crippen molar-refractivity contribution in [2.45, 2.75) is 11.8 Å². The number of hydrogen-bond acceptors (Lipinski definition) is 8. The zero-order valence-corrected chi connectivity index (χ0v) is 33.1. The smallest absolute Gasteiger partial charge is 0.245 e. The number of hydrogen-bond donors (Lipinski definition) is 2. The Morgan fingerprint density at radius 2 is 0.847 bits per heavy atom. The summed E-state index contributed by atoms with van der Waals surface area (Å²) in [4.78, 5) is 37.4. The van der Waals surface area contributed by atoms with Crippen LogP contribution in [0.25, 0.3) is 11.1 Å². The van der Waals surface area contributed by atoms with E-state index in [1.807, 2.05) is 72.8 Å². The Labute approximate surface area is 344 Å². The summed E-state index contributed by atoms with van der Waals surface area (Å²) < 4.78 is 38.5. The lowest BCUT2D eigenvalue weighted by molar-refractivity contribution is -0.142. The number of piperazine rings is 3. The Hall–Kier alpha value is -5.69. The molecule has 0 aromatic heterocycles. The Morgan fingerprint density at radius 3 is 1.25 bits per heavy atom. The number of likely N-dealkylation sites (tertiary alicyclic amines) is 1. The van der Waals surface area contributed by atoms with E-state index in [4.69, 9.17) is 0 Å². The first kappa shape index (κ1) is 40.1. The summed E-state index contributed by atoms with van der Waals surface area (Å²) in [5, 5.41) is 6.56. The summed E-state index contributed by atoms with van der Waals surface area (Å²) >= 11 is 0. The lowest BCUT2D eigenvalue weighted by atomic mass is 9.77. The Balaban J connectivity index is 0.000000152. The maximum absolute atomic E-state index is 13.9. The van der Waals surface area contributed by atoms with E-state index in [1.165, 1.54) is 41.3 Å². The molecule has 12 heteroatoms. The minimum Gasteiger partial charge on any atom is -0.369 e. The van der Waals surface area contributed by atoms with E-state index >= 15 is 0 Å². The number of rotatable bonds is 5. The molecule has 1 spiro atoms. The summed E-state index contributed by atoms with van der Waals surface area (Å²) in [6, 6.07) is 35.8. The van der Waals surface area contributed by atoms with Crippen LogP contribution in [0.3, 0.4) is 0 Å². The molecule has 4 aliphatic heterocycles. The van der Waals surface area contributed by atoms with Gasteiger partial charge in [0.15, 0.2) is 0 Å². The molecule has 0 bridgehead atoms. The Kier molecular flexibility index (Phi) is 12.3. The number of benzene rings is 5. The molecule has 59 heavy (non-hydrogen) atoms. The number of halogens is 3. The number of carbonyl (C=O) groups excluding carboxylic acids is 2. The lowest BCUT2D eigenvalue weighted by Gasteiger charge is -2.37. The fourth-order valence-electron chi connectivity index (χ4n) is 8.78. The van der Waals surface area contributed by atoms with Crippen LogP contribution in [0, 0.1) is 17.5 Å². The topological polar surface area (TPSA) is 74.4 Å². The molecule has 2 amide bonds. The number of amides is 2. The fourth-order valence-corrected chi connectivity index (χ4v) is 8.78. The average molecular weight is 802 g/mol. The van der Waals surface area contributed by atoms with Gasteiger partial charge >= 0.3 is 0 Å². The molecule has 5 aromatic carbocycles. The molecule has 9 nitrogen and oxygen atoms in total. The van der Waals surface area contributed by atoms with E-state index in [0.717, 1.165) is 118 Å². The second kappa shape index (κ2) is 18.1. The van der Waals surface area contributed by atoms with Gasteiger partial charge in [-0.1, -0.05) is 48.5 Å². The summed E-state index contributed by atoms with van der Waals surface area (Å²) in [7, 11) is 0. The van der Waals surface area contributed by atoms with Crippen LogP contribution in [-0.4, -0.2) is 107 Å². The molecule has 5 aromatic rings. The van der Waals surface area contributed by atoms with Crippen LogP contribution in [-0.2, 0) is 15.0 Å². The van der Waals surface area contributed by atoms with Gasteiger partial charge in [-0.2, -0.15) is 0 Å². The van der Waals surface area contributed by atoms with Crippen molar-refractivity contribution in [1.29, 1.82) is 0 Å². The highest BCUT2D eigenvalue weighted by Gasteiger charge is 2.58. The van der Waals surface area contributed by atoms with Gasteiger partial charge in [0.2, 0.25) is 11.8 Å². The van der Waals surface area contributed by atoms with Gasteiger partial charge in [-0.25, -0.2) is 13.2 Å². The quantitative estimate of drug-likeness (QED) is 0.207. The van der Waals surface area contributed by atoms with Gasteiger partial charge in [-0.3, -0.25) is 19.4 Å². The molecular weight excluding hydrogens is 752 g/mol. The van der Waals surface area contributed by atoms with Crippen LogP contribution in [0.15, 0.2) is 121 Å². The lowest BCUT2D eigenvalue weighted by Crippen LogP contribution is -2.52. The number of carbonyl (C=O) groups is 2. The van der Waals surface area contributed by atoms with Crippen molar-refractivity contribution in [3.8, 4) is 11.1 Å². The maximum Gasteiger partial charge on any atom is 0.245 e. The second-order valence-electron chi connectivity index (χ2n) is 15.5. The second-order valence-corrected chi connectivity index (χ2v) is 15.5. The molecule has 5 aliphatic rings. The molecule has 0 atom stereocenters. The Morgan fingerprint density at radius 1 is 0.475 bits per heavy atom.